The zero-order valence-corrected chi connectivity index (χ0v) is 16.7. The number of amides is 2. The summed E-state index contributed by atoms with van der Waals surface area (Å²) in [6.07, 6.45) is 1.23. The molecule has 28 heavy (non-hydrogen) atoms. The van der Waals surface area contributed by atoms with Crippen LogP contribution < -0.4 is 15.0 Å². The predicted molar refractivity (Wildman–Crippen MR) is 106 cm³/mol. The Morgan fingerprint density at radius 1 is 1.18 bits per heavy atom. The molecule has 8 heteroatoms. The Bertz CT molecular complexity index is 1020. The van der Waals surface area contributed by atoms with Gasteiger partial charge in [0, 0.05) is 24.9 Å². The van der Waals surface area contributed by atoms with Crippen LogP contribution >= 0.6 is 0 Å². The molecule has 1 aliphatic heterocycles. The Morgan fingerprint density at radius 2 is 1.86 bits per heavy atom. The molecule has 1 unspecified atom stereocenters. The van der Waals surface area contributed by atoms with Crippen LogP contribution in [0.15, 0.2) is 47.4 Å². The SMILES string of the molecule is COc1ccc(C)cc1N1CC(C(=O)Nc2ccc(S(C)(=O)=O)cc2)CC1=O. The standard InChI is InChI=1S/C20H22N2O5S/c1-13-4-9-18(27-2)17(10-13)22-12-14(11-19(22)23)20(24)21-15-5-7-16(8-6-15)28(3,25)26/h4-10,14H,11-12H2,1-3H3,(H,21,24). The molecule has 1 N–H and O–H groups in total. The van der Waals surface area contributed by atoms with Gasteiger partial charge in [-0.25, -0.2) is 8.42 Å². The molecule has 7 nitrogen and oxygen atoms in total. The monoisotopic (exact) mass is 402 g/mol. The average Bonchev–Trinajstić information content (AvgIpc) is 3.03. The summed E-state index contributed by atoms with van der Waals surface area (Å²) in [5, 5.41) is 2.75. The highest BCUT2D eigenvalue weighted by Crippen LogP contribution is 2.34. The first kappa shape index (κ1) is 19.9. The minimum absolute atomic E-state index is 0.102. The van der Waals surface area contributed by atoms with Gasteiger partial charge in [0.25, 0.3) is 0 Å². The topological polar surface area (TPSA) is 92.8 Å². The van der Waals surface area contributed by atoms with Gasteiger partial charge in [0.2, 0.25) is 11.8 Å². The number of nitrogens with zero attached hydrogens (tertiary/aromatic N) is 1. The summed E-state index contributed by atoms with van der Waals surface area (Å²) in [6.45, 7) is 2.18. The molecular formula is C20H22N2O5S. The lowest BCUT2D eigenvalue weighted by Gasteiger charge is -2.20. The van der Waals surface area contributed by atoms with Gasteiger partial charge in [-0.1, -0.05) is 6.07 Å². The molecule has 3 rings (SSSR count). The van der Waals surface area contributed by atoms with Crippen molar-refractivity contribution in [3.8, 4) is 5.75 Å². The molecule has 0 saturated carbocycles. The van der Waals surface area contributed by atoms with E-state index in [9.17, 15) is 18.0 Å². The van der Waals surface area contributed by atoms with Crippen molar-refractivity contribution in [2.24, 2.45) is 5.92 Å². The predicted octanol–water partition coefficient (Wildman–Crippen LogP) is 2.40. The van der Waals surface area contributed by atoms with Crippen LogP contribution in [0.25, 0.3) is 0 Å². The number of hydrogen-bond donors (Lipinski definition) is 1. The largest absolute Gasteiger partial charge is 0.495 e. The number of carbonyl (C=O) groups excluding carboxylic acids is 2. The molecule has 148 valence electrons. The molecule has 1 fully saturated rings. The third-order valence-corrected chi connectivity index (χ3v) is 5.80. The molecule has 1 saturated heterocycles. The molecule has 0 spiro atoms. The summed E-state index contributed by atoms with van der Waals surface area (Å²) < 4.78 is 28.4. The van der Waals surface area contributed by atoms with Gasteiger partial charge in [-0.3, -0.25) is 9.59 Å². The Kier molecular flexibility index (Phi) is 5.42. The third-order valence-electron chi connectivity index (χ3n) is 4.67. The van der Waals surface area contributed by atoms with Gasteiger partial charge in [0.1, 0.15) is 5.75 Å². The van der Waals surface area contributed by atoms with E-state index < -0.39 is 15.8 Å². The molecule has 0 aliphatic carbocycles. The number of methoxy groups -OCH3 is 1. The number of nitrogens with one attached hydrogen (secondary N) is 1. The highest BCUT2D eigenvalue weighted by Gasteiger charge is 2.36. The number of aryl methyl sites for hydroxylation is 1. The number of ether oxygens (including phenoxy) is 1. The fourth-order valence-electron chi connectivity index (χ4n) is 3.16. The Morgan fingerprint density at radius 3 is 2.46 bits per heavy atom. The molecule has 2 aromatic rings. The first-order chi connectivity index (χ1) is 13.2. The molecule has 0 radical (unpaired) electrons. The van der Waals surface area contributed by atoms with Crippen molar-refractivity contribution >= 4 is 33.0 Å². The molecule has 2 aromatic carbocycles. The summed E-state index contributed by atoms with van der Waals surface area (Å²) in [5.74, 6) is -0.352. The maximum Gasteiger partial charge on any atom is 0.229 e. The Hall–Kier alpha value is -2.87. The van der Waals surface area contributed by atoms with Crippen LogP contribution in [0, 0.1) is 12.8 Å². The van der Waals surface area contributed by atoms with E-state index in [1.807, 2.05) is 19.1 Å². The first-order valence-corrected chi connectivity index (χ1v) is 10.6. The molecule has 0 aromatic heterocycles. The van der Waals surface area contributed by atoms with E-state index in [1.54, 1.807) is 18.1 Å². The molecule has 0 bridgehead atoms. The van der Waals surface area contributed by atoms with E-state index in [2.05, 4.69) is 5.32 Å². The summed E-state index contributed by atoms with van der Waals surface area (Å²) in [5.41, 5.74) is 2.12. The molecule has 1 atom stereocenters. The zero-order valence-electron chi connectivity index (χ0n) is 15.9. The van der Waals surface area contributed by atoms with E-state index in [0.29, 0.717) is 17.1 Å². The summed E-state index contributed by atoms with van der Waals surface area (Å²) in [7, 11) is -1.75. The van der Waals surface area contributed by atoms with Crippen LogP contribution in [-0.4, -0.2) is 40.1 Å². The van der Waals surface area contributed by atoms with Gasteiger partial charge in [-0.15, -0.1) is 0 Å². The minimum Gasteiger partial charge on any atom is -0.495 e. The highest BCUT2D eigenvalue weighted by molar-refractivity contribution is 7.90. The summed E-state index contributed by atoms with van der Waals surface area (Å²) in [4.78, 5) is 26.9. The van der Waals surface area contributed by atoms with Crippen molar-refractivity contribution in [2.45, 2.75) is 18.2 Å². The number of benzene rings is 2. The van der Waals surface area contributed by atoms with E-state index in [-0.39, 0.29) is 29.7 Å². The maximum atomic E-state index is 12.6. The molecule has 2 amide bonds. The van der Waals surface area contributed by atoms with E-state index in [1.165, 1.54) is 24.3 Å². The fourth-order valence-corrected chi connectivity index (χ4v) is 3.79. The fraction of sp³-hybridized carbons (Fsp3) is 0.300. The van der Waals surface area contributed by atoms with Crippen LogP contribution in [0.3, 0.4) is 0 Å². The first-order valence-electron chi connectivity index (χ1n) is 8.75. The number of anilines is 2. The van der Waals surface area contributed by atoms with Crippen LogP contribution in [-0.2, 0) is 19.4 Å². The number of carbonyl (C=O) groups is 2. The van der Waals surface area contributed by atoms with Crippen molar-refractivity contribution < 1.29 is 22.7 Å². The lowest BCUT2D eigenvalue weighted by atomic mass is 10.1. The second kappa shape index (κ2) is 7.63. The second-order valence-corrected chi connectivity index (χ2v) is 8.88. The third kappa shape index (κ3) is 4.17. The van der Waals surface area contributed by atoms with E-state index in [4.69, 9.17) is 4.74 Å². The van der Waals surface area contributed by atoms with Crippen molar-refractivity contribution in [2.75, 3.05) is 30.1 Å². The average molecular weight is 402 g/mol. The van der Waals surface area contributed by atoms with Crippen LogP contribution in [0.4, 0.5) is 11.4 Å². The van der Waals surface area contributed by atoms with Crippen LogP contribution in [0.2, 0.25) is 0 Å². The summed E-state index contributed by atoms with van der Waals surface area (Å²) >= 11 is 0. The maximum absolute atomic E-state index is 12.6. The van der Waals surface area contributed by atoms with Gasteiger partial charge in [-0.05, 0) is 48.9 Å². The lowest BCUT2D eigenvalue weighted by molar-refractivity contribution is -0.122. The van der Waals surface area contributed by atoms with E-state index >= 15 is 0 Å². The normalized spacial score (nSPS) is 16.9. The molecular weight excluding hydrogens is 380 g/mol. The highest BCUT2D eigenvalue weighted by atomic mass is 32.2. The van der Waals surface area contributed by atoms with E-state index in [0.717, 1.165) is 11.8 Å². The number of sulfone groups is 1. The van der Waals surface area contributed by atoms with Crippen LogP contribution in [0.5, 0.6) is 5.75 Å². The lowest BCUT2D eigenvalue weighted by Crippen LogP contribution is -2.28. The van der Waals surface area contributed by atoms with Gasteiger partial charge < -0.3 is 15.0 Å². The van der Waals surface area contributed by atoms with Crippen molar-refractivity contribution in [1.82, 2.24) is 0 Å². The van der Waals surface area contributed by atoms with Gasteiger partial charge >= 0.3 is 0 Å². The molecule has 1 aliphatic rings. The van der Waals surface area contributed by atoms with Gasteiger partial charge in [0.15, 0.2) is 9.84 Å². The number of hydrogen-bond acceptors (Lipinski definition) is 5. The Balaban J connectivity index is 1.73. The van der Waals surface area contributed by atoms with Crippen molar-refractivity contribution in [3.05, 3.63) is 48.0 Å². The van der Waals surface area contributed by atoms with Crippen LogP contribution in [0.1, 0.15) is 12.0 Å². The van der Waals surface area contributed by atoms with Crippen molar-refractivity contribution in [1.29, 1.82) is 0 Å². The quantitative estimate of drug-likeness (QED) is 0.829. The summed E-state index contributed by atoms with van der Waals surface area (Å²) in [6, 6.07) is 11.5. The van der Waals surface area contributed by atoms with Gasteiger partial charge in [0.05, 0.1) is 23.6 Å². The smallest absolute Gasteiger partial charge is 0.229 e. The molecule has 1 heterocycles. The minimum atomic E-state index is -3.29. The second-order valence-electron chi connectivity index (χ2n) is 6.87. The van der Waals surface area contributed by atoms with Crippen molar-refractivity contribution in [3.63, 3.8) is 0 Å². The van der Waals surface area contributed by atoms with Gasteiger partial charge in [-0.2, -0.15) is 0 Å². The number of rotatable bonds is 5. The zero-order chi connectivity index (χ0) is 20.5. The Labute approximate surface area is 164 Å².